The fourth-order valence-corrected chi connectivity index (χ4v) is 1.74. The third-order valence-corrected chi connectivity index (χ3v) is 3.02. The largest absolute Gasteiger partial charge is 0.461 e. The molecule has 0 aliphatic carbocycles. The van der Waals surface area contributed by atoms with Gasteiger partial charge in [-0.1, -0.05) is 26.0 Å². The summed E-state index contributed by atoms with van der Waals surface area (Å²) in [5, 5.41) is 0. The normalized spacial score (nSPS) is 9.86. The predicted molar refractivity (Wildman–Crippen MR) is 83.7 cm³/mol. The minimum Gasteiger partial charge on any atom is -0.461 e. The first kappa shape index (κ1) is 17.4. The summed E-state index contributed by atoms with van der Waals surface area (Å²) in [6.07, 6.45) is 1.33. The first-order chi connectivity index (χ1) is 10.1. The smallest absolute Gasteiger partial charge is 0.364 e. The van der Waals surface area contributed by atoms with Gasteiger partial charge in [-0.3, -0.25) is 0 Å². The summed E-state index contributed by atoms with van der Waals surface area (Å²) < 4.78 is 10.6. The molecule has 0 bridgehead atoms. The van der Waals surface area contributed by atoms with Crippen molar-refractivity contribution in [3.05, 3.63) is 28.7 Å². The van der Waals surface area contributed by atoms with Gasteiger partial charge in [-0.25, -0.2) is 14.6 Å². The van der Waals surface area contributed by atoms with Crippen molar-refractivity contribution in [2.75, 3.05) is 13.2 Å². The van der Waals surface area contributed by atoms with E-state index in [9.17, 15) is 9.59 Å². The number of benzene rings is 1. The highest BCUT2D eigenvalue weighted by molar-refractivity contribution is 9.10. The summed E-state index contributed by atoms with van der Waals surface area (Å²) >= 11 is 3.32. The summed E-state index contributed by atoms with van der Waals surface area (Å²) in [5.41, 5.74) is 0.123. The van der Waals surface area contributed by atoms with Crippen molar-refractivity contribution in [3.63, 3.8) is 0 Å². The van der Waals surface area contributed by atoms with Crippen LogP contribution in [-0.2, 0) is 19.1 Å². The fourth-order valence-electron chi connectivity index (χ4n) is 1.36. The summed E-state index contributed by atoms with van der Waals surface area (Å²) in [6, 6.07) is 7.03. The molecule has 0 atom stereocenters. The molecule has 1 aromatic carbocycles. The van der Waals surface area contributed by atoms with Gasteiger partial charge in [-0.15, -0.1) is 0 Å². The van der Waals surface area contributed by atoms with E-state index < -0.39 is 11.9 Å². The van der Waals surface area contributed by atoms with Crippen molar-refractivity contribution in [3.8, 4) is 0 Å². The Morgan fingerprint density at radius 1 is 1.05 bits per heavy atom. The lowest BCUT2D eigenvalue weighted by molar-refractivity contribution is -0.141. The molecule has 0 aliphatic rings. The molecule has 5 nitrogen and oxygen atoms in total. The van der Waals surface area contributed by atoms with E-state index in [2.05, 4.69) is 20.9 Å². The van der Waals surface area contributed by atoms with E-state index in [1.807, 2.05) is 19.9 Å². The van der Waals surface area contributed by atoms with Crippen LogP contribution in [0.4, 0.5) is 5.69 Å². The first-order valence-corrected chi connectivity index (χ1v) is 7.56. The molecule has 0 saturated carbocycles. The van der Waals surface area contributed by atoms with Crippen LogP contribution in [0, 0.1) is 0 Å². The molecule has 0 fully saturated rings. The van der Waals surface area contributed by atoms with Crippen molar-refractivity contribution < 1.29 is 19.1 Å². The molecule has 0 N–H and O–H groups in total. The Hall–Kier alpha value is -1.69. The van der Waals surface area contributed by atoms with E-state index in [1.165, 1.54) is 0 Å². The number of esters is 2. The van der Waals surface area contributed by atoms with Gasteiger partial charge in [0.1, 0.15) is 0 Å². The van der Waals surface area contributed by atoms with Crippen LogP contribution in [0.2, 0.25) is 0 Å². The van der Waals surface area contributed by atoms with Crippen molar-refractivity contribution in [2.24, 2.45) is 4.99 Å². The third-order valence-electron chi connectivity index (χ3n) is 2.35. The minimum atomic E-state index is -0.770. The van der Waals surface area contributed by atoms with Crippen LogP contribution < -0.4 is 0 Å². The monoisotopic (exact) mass is 355 g/mol. The molecule has 0 amide bonds. The topological polar surface area (TPSA) is 65.0 Å². The van der Waals surface area contributed by atoms with Crippen LogP contribution in [0.1, 0.15) is 26.7 Å². The molecule has 6 heteroatoms. The van der Waals surface area contributed by atoms with Gasteiger partial charge < -0.3 is 9.47 Å². The fraction of sp³-hybridized carbons (Fsp3) is 0.400. The van der Waals surface area contributed by atoms with Crippen molar-refractivity contribution in [2.45, 2.75) is 26.7 Å². The molecule has 1 aromatic rings. The van der Waals surface area contributed by atoms with Crippen LogP contribution >= 0.6 is 15.9 Å². The van der Waals surface area contributed by atoms with E-state index in [-0.39, 0.29) is 18.9 Å². The number of aliphatic imine (C=N–C) groups is 1. The maximum atomic E-state index is 12.0. The Kier molecular flexibility index (Phi) is 7.68. The predicted octanol–water partition coefficient (Wildman–Crippen LogP) is 3.43. The molecular formula is C15H18BrNO4. The Balaban J connectivity index is 3.03. The number of rotatable bonds is 7. The van der Waals surface area contributed by atoms with E-state index >= 15 is 0 Å². The Labute approximate surface area is 132 Å². The molecule has 1 rings (SSSR count). The molecule has 0 unspecified atom stereocenters. The quantitative estimate of drug-likeness (QED) is 0.427. The van der Waals surface area contributed by atoms with Crippen molar-refractivity contribution in [1.82, 2.24) is 0 Å². The number of nitrogens with zero attached hydrogens (tertiary/aromatic N) is 1. The molecule has 0 radical (unpaired) electrons. The third kappa shape index (κ3) is 5.67. The second-order valence-electron chi connectivity index (χ2n) is 4.18. The number of halogens is 1. The molecule has 0 spiro atoms. The van der Waals surface area contributed by atoms with E-state index in [0.29, 0.717) is 23.0 Å². The Bertz CT molecular complexity index is 506. The van der Waals surface area contributed by atoms with E-state index in [4.69, 9.17) is 9.47 Å². The standard InChI is InChI=1S/C15H18BrNO4/c1-3-9-20-14(18)13(15(19)21-10-4-2)17-12-8-6-5-7-11(12)16/h5-8H,3-4,9-10H2,1-2H3. The zero-order valence-corrected chi connectivity index (χ0v) is 13.7. The second-order valence-corrected chi connectivity index (χ2v) is 5.04. The number of ether oxygens (including phenoxy) is 2. The van der Waals surface area contributed by atoms with E-state index in [0.717, 1.165) is 0 Å². The lowest BCUT2D eigenvalue weighted by Gasteiger charge is -2.07. The van der Waals surface area contributed by atoms with Crippen molar-refractivity contribution in [1.29, 1.82) is 0 Å². The molecule has 114 valence electrons. The van der Waals surface area contributed by atoms with Gasteiger partial charge in [-0.2, -0.15) is 0 Å². The number of carbonyl (C=O) groups is 2. The number of carbonyl (C=O) groups excluding carboxylic acids is 2. The summed E-state index contributed by atoms with van der Waals surface area (Å²) in [5.74, 6) is -1.54. The van der Waals surface area contributed by atoms with E-state index in [1.54, 1.807) is 18.2 Å². The van der Waals surface area contributed by atoms with Crippen LogP contribution in [0.25, 0.3) is 0 Å². The molecule has 21 heavy (non-hydrogen) atoms. The van der Waals surface area contributed by atoms with Gasteiger partial charge >= 0.3 is 11.9 Å². The highest BCUT2D eigenvalue weighted by atomic mass is 79.9. The van der Waals surface area contributed by atoms with Crippen molar-refractivity contribution >= 4 is 39.3 Å². The molecule has 0 heterocycles. The maximum absolute atomic E-state index is 12.0. The van der Waals surface area contributed by atoms with Gasteiger partial charge in [0, 0.05) is 4.47 Å². The van der Waals surface area contributed by atoms with Crippen LogP contribution in [0.3, 0.4) is 0 Å². The Morgan fingerprint density at radius 2 is 1.57 bits per heavy atom. The number of hydrogen-bond acceptors (Lipinski definition) is 5. The van der Waals surface area contributed by atoms with Gasteiger partial charge in [-0.05, 0) is 40.9 Å². The Morgan fingerprint density at radius 3 is 2.05 bits per heavy atom. The average Bonchev–Trinajstić information content (AvgIpc) is 2.49. The second kappa shape index (κ2) is 9.28. The first-order valence-electron chi connectivity index (χ1n) is 6.77. The molecule has 0 aliphatic heterocycles. The van der Waals surface area contributed by atoms with Crippen LogP contribution in [0.15, 0.2) is 33.7 Å². The lowest BCUT2D eigenvalue weighted by atomic mass is 10.3. The van der Waals surface area contributed by atoms with Crippen LogP contribution in [-0.4, -0.2) is 30.9 Å². The zero-order chi connectivity index (χ0) is 15.7. The summed E-state index contributed by atoms with van der Waals surface area (Å²) in [4.78, 5) is 28.0. The zero-order valence-electron chi connectivity index (χ0n) is 12.1. The average molecular weight is 356 g/mol. The summed E-state index contributed by atoms with van der Waals surface area (Å²) in [6.45, 7) is 4.20. The number of para-hydroxylation sites is 1. The summed E-state index contributed by atoms with van der Waals surface area (Å²) in [7, 11) is 0. The lowest BCUT2D eigenvalue weighted by Crippen LogP contribution is -2.28. The minimum absolute atomic E-state index is 0.231. The van der Waals surface area contributed by atoms with Gasteiger partial charge in [0.2, 0.25) is 5.71 Å². The molecule has 0 saturated heterocycles. The highest BCUT2D eigenvalue weighted by Gasteiger charge is 2.24. The van der Waals surface area contributed by atoms with Gasteiger partial charge in [0.05, 0.1) is 18.9 Å². The van der Waals surface area contributed by atoms with Crippen LogP contribution in [0.5, 0.6) is 0 Å². The van der Waals surface area contributed by atoms with Gasteiger partial charge in [0.25, 0.3) is 0 Å². The maximum Gasteiger partial charge on any atom is 0.364 e. The molecular weight excluding hydrogens is 338 g/mol. The molecule has 0 aromatic heterocycles. The van der Waals surface area contributed by atoms with Gasteiger partial charge in [0.15, 0.2) is 0 Å². The highest BCUT2D eigenvalue weighted by Crippen LogP contribution is 2.24. The number of hydrogen-bond donors (Lipinski definition) is 0. The SMILES string of the molecule is CCCOC(=O)C(=Nc1ccccc1Br)C(=O)OCCC.